The first-order valence-electron chi connectivity index (χ1n) is 6.94. The average Bonchev–Trinajstić information content (AvgIpc) is 3.03. The molecule has 7 heteroatoms. The Balaban J connectivity index is 1.83. The van der Waals surface area contributed by atoms with E-state index in [-0.39, 0.29) is 19.1 Å². The van der Waals surface area contributed by atoms with Crippen molar-refractivity contribution in [1.82, 2.24) is 9.47 Å². The summed E-state index contributed by atoms with van der Waals surface area (Å²) in [6.45, 7) is 0.388. The van der Waals surface area contributed by atoms with Crippen molar-refractivity contribution in [2.45, 2.75) is 24.9 Å². The summed E-state index contributed by atoms with van der Waals surface area (Å²) in [5, 5.41) is 9.72. The van der Waals surface area contributed by atoms with Crippen LogP contribution < -0.4 is 0 Å². The summed E-state index contributed by atoms with van der Waals surface area (Å²) in [6.07, 6.45) is 3.85. The van der Waals surface area contributed by atoms with Gasteiger partial charge in [0, 0.05) is 19.3 Å². The zero-order valence-electron chi connectivity index (χ0n) is 11.7. The van der Waals surface area contributed by atoms with E-state index in [4.69, 9.17) is 16.3 Å². The van der Waals surface area contributed by atoms with Gasteiger partial charge in [-0.25, -0.2) is 0 Å². The van der Waals surface area contributed by atoms with Crippen molar-refractivity contribution in [1.29, 1.82) is 0 Å². The Hall–Kier alpha value is -1.53. The average molecular weight is 313 g/mol. The molecule has 0 radical (unpaired) electrons. The number of carbonyl (C=O) groups is 2. The minimum absolute atomic E-state index is 0.141. The van der Waals surface area contributed by atoms with E-state index >= 15 is 0 Å². The molecule has 3 rings (SSSR count). The van der Waals surface area contributed by atoms with Crippen LogP contribution in [0.1, 0.15) is 29.4 Å². The minimum Gasteiger partial charge on any atom is -0.481 e. The van der Waals surface area contributed by atoms with Crippen LogP contribution in [-0.4, -0.2) is 52.8 Å². The maximum Gasteiger partial charge on any atom is 0.311 e. The third kappa shape index (κ3) is 2.65. The number of nitrogens with zero attached hydrogens (tertiary/aromatic N) is 2. The van der Waals surface area contributed by atoms with E-state index < -0.39 is 17.9 Å². The van der Waals surface area contributed by atoms with Crippen molar-refractivity contribution in [2.24, 2.45) is 5.92 Å². The van der Waals surface area contributed by atoms with Crippen molar-refractivity contribution in [3.8, 4) is 0 Å². The molecule has 1 saturated heterocycles. The van der Waals surface area contributed by atoms with E-state index in [1.54, 1.807) is 19.3 Å². The molecule has 21 heavy (non-hydrogen) atoms. The smallest absolute Gasteiger partial charge is 0.311 e. The number of hydrogen-bond donors (Lipinski definition) is 1. The maximum absolute atomic E-state index is 12.7. The monoisotopic (exact) mass is 312 g/mol. The van der Waals surface area contributed by atoms with Gasteiger partial charge in [-0.1, -0.05) is 11.6 Å². The quantitative estimate of drug-likeness (QED) is 0.917. The minimum atomic E-state index is -0.937. The topological polar surface area (TPSA) is 71.8 Å². The number of halogens is 1. The molecule has 2 aliphatic rings. The summed E-state index contributed by atoms with van der Waals surface area (Å²) in [7, 11) is 1.62. The van der Waals surface area contributed by atoms with Gasteiger partial charge in [0.15, 0.2) is 0 Å². The molecule has 2 heterocycles. The SMILES string of the molecule is CN(C(=O)c1cc(Cl)cn1C1CC1)C1COCC1C(=O)O. The predicted molar refractivity (Wildman–Crippen MR) is 75.5 cm³/mol. The molecular formula is C14H17ClN2O4. The van der Waals surface area contributed by atoms with Crippen LogP contribution in [0.25, 0.3) is 0 Å². The standard InChI is InChI=1S/C14H17ClN2O4/c1-16(12-7-21-6-10(12)14(19)20)13(18)11-4-8(15)5-17(11)9-2-3-9/h4-5,9-10,12H,2-3,6-7H2,1H3,(H,19,20). The number of likely N-dealkylation sites (N-methyl/N-ethyl adjacent to an activating group) is 1. The first-order valence-corrected chi connectivity index (χ1v) is 7.32. The number of aliphatic carboxylic acids is 1. The van der Waals surface area contributed by atoms with Crippen molar-refractivity contribution in [3.05, 3.63) is 23.0 Å². The van der Waals surface area contributed by atoms with Crippen molar-refractivity contribution in [3.63, 3.8) is 0 Å². The van der Waals surface area contributed by atoms with E-state index in [0.717, 1.165) is 12.8 Å². The third-order valence-corrected chi connectivity index (χ3v) is 4.37. The highest BCUT2D eigenvalue weighted by atomic mass is 35.5. The zero-order chi connectivity index (χ0) is 15.1. The highest BCUT2D eigenvalue weighted by molar-refractivity contribution is 6.31. The number of carboxylic acid groups (broad SMARTS) is 1. The molecule has 1 aliphatic carbocycles. The molecule has 114 valence electrons. The van der Waals surface area contributed by atoms with Gasteiger partial charge in [0.05, 0.1) is 24.3 Å². The molecule has 0 spiro atoms. The second-order valence-electron chi connectivity index (χ2n) is 5.65. The van der Waals surface area contributed by atoms with E-state index in [2.05, 4.69) is 0 Å². The van der Waals surface area contributed by atoms with E-state index in [0.29, 0.717) is 16.8 Å². The first kappa shape index (κ1) is 14.4. The van der Waals surface area contributed by atoms with Gasteiger partial charge in [0.2, 0.25) is 0 Å². The maximum atomic E-state index is 12.7. The highest BCUT2D eigenvalue weighted by Gasteiger charge is 2.39. The number of ether oxygens (including phenoxy) is 1. The lowest BCUT2D eigenvalue weighted by Gasteiger charge is -2.26. The molecule has 1 aliphatic heterocycles. The Morgan fingerprint density at radius 2 is 2.14 bits per heavy atom. The van der Waals surface area contributed by atoms with Crippen LogP contribution in [0.15, 0.2) is 12.3 Å². The van der Waals surface area contributed by atoms with Crippen LogP contribution in [0.4, 0.5) is 0 Å². The van der Waals surface area contributed by atoms with Crippen LogP contribution in [0.5, 0.6) is 0 Å². The lowest BCUT2D eigenvalue weighted by atomic mass is 10.0. The molecule has 1 aromatic heterocycles. The number of amides is 1. The third-order valence-electron chi connectivity index (χ3n) is 4.16. The number of rotatable bonds is 4. The zero-order valence-corrected chi connectivity index (χ0v) is 12.4. The van der Waals surface area contributed by atoms with Crippen LogP contribution >= 0.6 is 11.6 Å². The summed E-state index contributed by atoms with van der Waals surface area (Å²) in [4.78, 5) is 25.4. The molecule has 2 atom stereocenters. The normalized spacial score (nSPS) is 25.0. The molecule has 2 unspecified atom stereocenters. The number of aromatic nitrogens is 1. The molecule has 1 N–H and O–H groups in total. The summed E-state index contributed by atoms with van der Waals surface area (Å²) in [5.74, 6) is -1.83. The van der Waals surface area contributed by atoms with Crippen molar-refractivity contribution in [2.75, 3.05) is 20.3 Å². The van der Waals surface area contributed by atoms with E-state index in [1.165, 1.54) is 4.90 Å². The van der Waals surface area contributed by atoms with Gasteiger partial charge in [0.1, 0.15) is 11.6 Å². The van der Waals surface area contributed by atoms with Gasteiger partial charge in [-0.2, -0.15) is 0 Å². The summed E-state index contributed by atoms with van der Waals surface area (Å²) in [6, 6.07) is 1.53. The lowest BCUT2D eigenvalue weighted by Crippen LogP contribution is -2.44. The van der Waals surface area contributed by atoms with Crippen molar-refractivity contribution < 1.29 is 19.4 Å². The molecule has 1 saturated carbocycles. The second-order valence-corrected chi connectivity index (χ2v) is 6.08. The van der Waals surface area contributed by atoms with Gasteiger partial charge >= 0.3 is 5.97 Å². The van der Waals surface area contributed by atoms with Gasteiger partial charge in [-0.05, 0) is 18.9 Å². The Labute approximate surface area is 127 Å². The van der Waals surface area contributed by atoms with Crippen LogP contribution in [0.2, 0.25) is 5.02 Å². The van der Waals surface area contributed by atoms with Crippen LogP contribution in [0.3, 0.4) is 0 Å². The lowest BCUT2D eigenvalue weighted by molar-refractivity contribution is -0.142. The second kappa shape index (κ2) is 5.35. The van der Waals surface area contributed by atoms with E-state index in [9.17, 15) is 14.7 Å². The molecule has 2 fully saturated rings. The molecule has 0 aromatic carbocycles. The summed E-state index contributed by atoms with van der Waals surface area (Å²) >= 11 is 6.01. The number of hydrogen-bond acceptors (Lipinski definition) is 3. The molecular weight excluding hydrogens is 296 g/mol. The highest BCUT2D eigenvalue weighted by Crippen LogP contribution is 2.38. The van der Waals surface area contributed by atoms with Gasteiger partial charge < -0.3 is 19.3 Å². The Kier molecular flexibility index (Phi) is 3.67. The fourth-order valence-corrected chi connectivity index (χ4v) is 2.97. The van der Waals surface area contributed by atoms with E-state index in [1.807, 2.05) is 4.57 Å². The van der Waals surface area contributed by atoms with Crippen molar-refractivity contribution >= 4 is 23.5 Å². The van der Waals surface area contributed by atoms with Crippen LogP contribution in [0, 0.1) is 5.92 Å². The largest absolute Gasteiger partial charge is 0.481 e. The molecule has 1 amide bonds. The molecule has 6 nitrogen and oxygen atoms in total. The summed E-state index contributed by atoms with van der Waals surface area (Å²) < 4.78 is 7.12. The van der Waals surface area contributed by atoms with Gasteiger partial charge in [-0.3, -0.25) is 9.59 Å². The Bertz CT molecular complexity index is 582. The van der Waals surface area contributed by atoms with Gasteiger partial charge in [0.25, 0.3) is 5.91 Å². The molecule has 1 aromatic rings. The van der Waals surface area contributed by atoms with Crippen LogP contribution in [-0.2, 0) is 9.53 Å². The number of carboxylic acids is 1. The first-order chi connectivity index (χ1) is 9.99. The Morgan fingerprint density at radius 3 is 2.76 bits per heavy atom. The molecule has 0 bridgehead atoms. The summed E-state index contributed by atoms with van der Waals surface area (Å²) in [5.41, 5.74) is 0.515. The predicted octanol–water partition coefficient (Wildman–Crippen LogP) is 1.65. The fraction of sp³-hybridized carbons (Fsp3) is 0.571. The number of carbonyl (C=O) groups excluding carboxylic acids is 1. The fourth-order valence-electron chi connectivity index (χ4n) is 2.76. The Morgan fingerprint density at radius 1 is 1.43 bits per heavy atom. The van der Waals surface area contributed by atoms with Gasteiger partial charge in [-0.15, -0.1) is 0 Å².